The Morgan fingerprint density at radius 2 is 1.16 bits per heavy atom. The number of amidine groups is 1. The largest absolute Gasteiger partial charge is 0.321 e. The third-order valence-electron chi connectivity index (χ3n) is 9.22. The van der Waals surface area contributed by atoms with Crippen molar-refractivity contribution >= 4 is 54.9 Å². The van der Waals surface area contributed by atoms with Crippen LogP contribution in [-0.2, 0) is 0 Å². The van der Waals surface area contributed by atoms with Gasteiger partial charge in [0.2, 0.25) is 0 Å². The number of benzene rings is 6. The number of fused-ring (bicyclic) bond motifs is 7. The second-order valence-corrected chi connectivity index (χ2v) is 11.7. The van der Waals surface area contributed by atoms with Crippen LogP contribution in [0.3, 0.4) is 0 Å². The number of hydrogen-bond acceptors (Lipinski definition) is 3. The maximum atomic E-state index is 5.35. The Morgan fingerprint density at radius 3 is 1.84 bits per heavy atom. The lowest BCUT2D eigenvalue weighted by Crippen LogP contribution is -2.40. The fraction of sp³-hybridized carbons (Fsp3) is 0.100. The lowest BCUT2D eigenvalue weighted by Gasteiger charge is -2.31. The fourth-order valence-electron chi connectivity index (χ4n) is 7.20. The summed E-state index contributed by atoms with van der Waals surface area (Å²) < 4.78 is 0. The summed E-state index contributed by atoms with van der Waals surface area (Å²) in [5.74, 6) is 1.06. The van der Waals surface area contributed by atoms with E-state index in [1.54, 1.807) is 0 Å². The summed E-state index contributed by atoms with van der Waals surface area (Å²) in [6, 6.07) is 46.4. The first-order valence-corrected chi connectivity index (χ1v) is 15.2. The first-order chi connectivity index (χ1) is 21.3. The molecule has 204 valence electrons. The maximum absolute atomic E-state index is 5.35. The minimum Gasteiger partial charge on any atom is -0.321 e. The van der Waals surface area contributed by atoms with E-state index in [0.717, 1.165) is 35.3 Å². The van der Waals surface area contributed by atoms with Crippen molar-refractivity contribution < 1.29 is 0 Å². The Hall–Kier alpha value is -5.28. The van der Waals surface area contributed by atoms with Gasteiger partial charge in [-0.05, 0) is 41.3 Å². The molecular weight excluding hydrogens is 522 g/mol. The van der Waals surface area contributed by atoms with E-state index in [0.29, 0.717) is 6.04 Å². The third-order valence-corrected chi connectivity index (χ3v) is 9.22. The van der Waals surface area contributed by atoms with Gasteiger partial charge in [0.1, 0.15) is 5.84 Å². The van der Waals surface area contributed by atoms with Crippen LogP contribution in [0.15, 0.2) is 145 Å². The monoisotopic (exact) mass is 551 g/mol. The normalized spacial score (nSPS) is 18.0. The topological polar surface area (TPSA) is 28.5 Å². The number of rotatable bonds is 3. The van der Waals surface area contributed by atoms with Crippen LogP contribution in [-0.4, -0.2) is 22.9 Å². The molecule has 0 saturated heterocycles. The molecule has 2 aliphatic rings. The van der Waals surface area contributed by atoms with E-state index in [9.17, 15) is 0 Å². The molecule has 3 heteroatoms. The first kappa shape index (κ1) is 24.3. The van der Waals surface area contributed by atoms with Gasteiger partial charge >= 0.3 is 0 Å². The van der Waals surface area contributed by atoms with Gasteiger partial charge in [-0.3, -0.25) is 4.99 Å². The van der Waals surface area contributed by atoms with Gasteiger partial charge in [0.15, 0.2) is 0 Å². The van der Waals surface area contributed by atoms with Crippen molar-refractivity contribution in [1.82, 2.24) is 4.98 Å². The molecule has 2 unspecified atom stereocenters. The predicted octanol–water partition coefficient (Wildman–Crippen LogP) is 9.72. The van der Waals surface area contributed by atoms with Gasteiger partial charge in [0.25, 0.3) is 0 Å². The minimum absolute atomic E-state index is 0.193. The molecule has 3 nitrogen and oxygen atoms in total. The zero-order valence-electron chi connectivity index (χ0n) is 23.7. The molecule has 1 aliphatic carbocycles. The van der Waals surface area contributed by atoms with Gasteiger partial charge in [-0.1, -0.05) is 127 Å². The van der Waals surface area contributed by atoms with E-state index in [1.807, 2.05) is 0 Å². The van der Waals surface area contributed by atoms with Gasteiger partial charge in [-0.15, -0.1) is 0 Å². The van der Waals surface area contributed by atoms with Crippen LogP contribution in [0.2, 0.25) is 0 Å². The smallest absolute Gasteiger partial charge is 0.136 e. The van der Waals surface area contributed by atoms with Crippen LogP contribution in [0.25, 0.3) is 54.5 Å². The van der Waals surface area contributed by atoms with Crippen LogP contribution < -0.4 is 4.90 Å². The maximum Gasteiger partial charge on any atom is 0.136 e. The molecule has 0 bridgehead atoms. The highest BCUT2D eigenvalue weighted by atomic mass is 15.3. The van der Waals surface area contributed by atoms with Gasteiger partial charge in [0, 0.05) is 38.4 Å². The Bertz CT molecular complexity index is 2150. The zero-order chi connectivity index (χ0) is 28.3. The highest BCUT2D eigenvalue weighted by molar-refractivity contribution is 6.21. The van der Waals surface area contributed by atoms with Crippen LogP contribution in [0.4, 0.5) is 5.69 Å². The van der Waals surface area contributed by atoms with Gasteiger partial charge in [0.05, 0.1) is 23.1 Å². The Balaban J connectivity index is 1.25. The molecule has 1 aliphatic heterocycles. The molecule has 2 heterocycles. The number of aromatic nitrogens is 1. The van der Waals surface area contributed by atoms with Crippen molar-refractivity contribution in [3.63, 3.8) is 0 Å². The molecule has 9 rings (SSSR count). The lowest BCUT2D eigenvalue weighted by molar-refractivity contribution is 0.567. The number of pyridine rings is 1. The summed E-state index contributed by atoms with van der Waals surface area (Å²) in [7, 11) is 0. The van der Waals surface area contributed by atoms with Crippen molar-refractivity contribution in [2.24, 2.45) is 4.99 Å². The Morgan fingerprint density at radius 1 is 0.558 bits per heavy atom. The quantitative estimate of drug-likeness (QED) is 0.124. The highest BCUT2D eigenvalue weighted by Gasteiger charge is 2.37. The van der Waals surface area contributed by atoms with E-state index in [4.69, 9.17) is 9.98 Å². The van der Waals surface area contributed by atoms with Crippen LogP contribution >= 0.6 is 0 Å². The summed E-state index contributed by atoms with van der Waals surface area (Å²) in [4.78, 5) is 13.1. The predicted molar refractivity (Wildman–Crippen MR) is 181 cm³/mol. The summed E-state index contributed by atoms with van der Waals surface area (Å²) in [6.07, 6.45) is 6.78. The molecule has 0 radical (unpaired) electrons. The average molecular weight is 552 g/mol. The average Bonchev–Trinajstić information content (AvgIpc) is 3.47. The Labute approximate surface area is 250 Å². The molecule has 0 saturated carbocycles. The summed E-state index contributed by atoms with van der Waals surface area (Å²) in [6.45, 7) is 0. The zero-order valence-corrected chi connectivity index (χ0v) is 23.7. The fourth-order valence-corrected chi connectivity index (χ4v) is 7.20. The standard InChI is InChI=1S/C40H29N3/c1-2-12-30(13-3-1)43-36-17-9-8-16-35(36)41-40(43)29-20-18-28(19-21-29)37-33-24-22-26-10-4-6-14-31(26)38(33)42-39-32-15-7-5-11-27(32)23-25-34(37)39/h1-8,10-16,18-25,35-36H,9,17H2. The molecule has 2 atom stereocenters. The van der Waals surface area contributed by atoms with E-state index in [1.165, 1.54) is 49.1 Å². The molecule has 0 amide bonds. The molecule has 0 fully saturated rings. The Kier molecular flexibility index (Phi) is 5.45. The SMILES string of the molecule is C1=CC2N=C(c3ccc(-c4c5ccc6ccccc6c5nc5c4ccc4ccccc45)cc3)N(c3ccccc3)C2CC1. The van der Waals surface area contributed by atoms with Gasteiger partial charge in [-0.2, -0.15) is 0 Å². The van der Waals surface area contributed by atoms with Crippen LogP contribution in [0.5, 0.6) is 0 Å². The molecular formula is C40H29N3. The van der Waals surface area contributed by atoms with E-state index < -0.39 is 0 Å². The van der Waals surface area contributed by atoms with Crippen molar-refractivity contribution in [3.8, 4) is 11.1 Å². The van der Waals surface area contributed by atoms with E-state index in [-0.39, 0.29) is 6.04 Å². The van der Waals surface area contributed by atoms with Gasteiger partial charge in [-0.25, -0.2) is 4.98 Å². The number of allylic oxidation sites excluding steroid dienone is 1. The lowest BCUT2D eigenvalue weighted by atomic mass is 9.92. The highest BCUT2D eigenvalue weighted by Crippen LogP contribution is 2.40. The number of nitrogens with zero attached hydrogens (tertiary/aromatic N) is 3. The van der Waals surface area contributed by atoms with Gasteiger partial charge < -0.3 is 4.90 Å². The van der Waals surface area contributed by atoms with Crippen molar-refractivity contribution in [3.05, 3.63) is 145 Å². The third kappa shape index (κ3) is 3.81. The van der Waals surface area contributed by atoms with E-state index in [2.05, 4.69) is 144 Å². The summed E-state index contributed by atoms with van der Waals surface area (Å²) in [5.41, 5.74) is 6.87. The second-order valence-electron chi connectivity index (χ2n) is 11.7. The molecule has 0 spiro atoms. The molecule has 6 aromatic carbocycles. The van der Waals surface area contributed by atoms with Crippen molar-refractivity contribution in [1.29, 1.82) is 0 Å². The number of para-hydroxylation sites is 1. The molecule has 0 N–H and O–H groups in total. The minimum atomic E-state index is 0.193. The summed E-state index contributed by atoms with van der Waals surface area (Å²) >= 11 is 0. The van der Waals surface area contributed by atoms with Crippen LogP contribution in [0.1, 0.15) is 18.4 Å². The molecule has 1 aromatic heterocycles. The molecule has 7 aromatic rings. The van der Waals surface area contributed by atoms with E-state index >= 15 is 0 Å². The second kappa shape index (κ2) is 9.64. The summed E-state index contributed by atoms with van der Waals surface area (Å²) in [5, 5.41) is 7.13. The van der Waals surface area contributed by atoms with Crippen LogP contribution in [0, 0.1) is 0 Å². The van der Waals surface area contributed by atoms with Crippen molar-refractivity contribution in [2.75, 3.05) is 4.90 Å². The molecule has 43 heavy (non-hydrogen) atoms. The number of hydrogen-bond donors (Lipinski definition) is 0. The number of aliphatic imine (C=N–C) groups is 1. The van der Waals surface area contributed by atoms with Crippen molar-refractivity contribution in [2.45, 2.75) is 24.9 Å². The first-order valence-electron chi connectivity index (χ1n) is 15.2. The number of anilines is 1.